The number of hydrogen-bond donors (Lipinski definition) is 2. The minimum Gasteiger partial charge on any atom is -0.483 e. The summed E-state index contributed by atoms with van der Waals surface area (Å²) < 4.78 is 43.0. The lowest BCUT2D eigenvalue weighted by molar-refractivity contribution is -0.153. The van der Waals surface area contributed by atoms with E-state index < -0.39 is 18.3 Å². The van der Waals surface area contributed by atoms with E-state index in [2.05, 4.69) is 10.2 Å². The zero-order valence-electron chi connectivity index (χ0n) is 13.8. The van der Waals surface area contributed by atoms with Crippen molar-refractivity contribution in [3.8, 4) is 16.9 Å². The Kier molecular flexibility index (Phi) is 4.20. The average molecular weight is 349 g/mol. The van der Waals surface area contributed by atoms with Crippen LogP contribution in [0.3, 0.4) is 0 Å². The zero-order valence-corrected chi connectivity index (χ0v) is 13.8. The molecule has 0 radical (unpaired) electrons. The average Bonchev–Trinajstić information content (AvgIpc) is 2.99. The van der Waals surface area contributed by atoms with Crippen molar-refractivity contribution in [3.63, 3.8) is 0 Å². The van der Waals surface area contributed by atoms with Gasteiger partial charge >= 0.3 is 6.18 Å². The summed E-state index contributed by atoms with van der Waals surface area (Å²) in [6.07, 6.45) is -2.96. The molecule has 0 saturated heterocycles. The van der Waals surface area contributed by atoms with Crippen LogP contribution in [0.5, 0.6) is 5.75 Å². The number of ether oxygens (including phenoxy) is 1. The van der Waals surface area contributed by atoms with Gasteiger partial charge in [-0.05, 0) is 37.1 Å². The molecule has 4 nitrogen and oxygen atoms in total. The maximum atomic E-state index is 12.6. The van der Waals surface area contributed by atoms with Gasteiger partial charge in [0.05, 0.1) is 17.1 Å². The molecule has 3 rings (SSSR count). The lowest BCUT2D eigenvalue weighted by Gasteiger charge is -2.20. The molecule has 0 bridgehead atoms. The lowest BCUT2D eigenvalue weighted by atomic mass is 9.93. The summed E-state index contributed by atoms with van der Waals surface area (Å²) in [4.78, 5) is 0. The third kappa shape index (κ3) is 3.76. The summed E-state index contributed by atoms with van der Waals surface area (Å²) in [5, 5.41) is 7.13. The molecule has 0 aliphatic rings. The molecular weight excluding hydrogens is 331 g/mol. The highest BCUT2D eigenvalue weighted by Crippen LogP contribution is 2.37. The van der Waals surface area contributed by atoms with Gasteiger partial charge in [-0.3, -0.25) is 5.10 Å². The summed E-state index contributed by atoms with van der Waals surface area (Å²) in [6.45, 7) is 2.41. The van der Waals surface area contributed by atoms with Crippen LogP contribution in [-0.4, -0.2) is 23.0 Å². The van der Waals surface area contributed by atoms with Crippen molar-refractivity contribution in [1.82, 2.24) is 10.2 Å². The van der Waals surface area contributed by atoms with Crippen LogP contribution in [0, 0.1) is 0 Å². The molecule has 0 spiro atoms. The van der Waals surface area contributed by atoms with Crippen LogP contribution >= 0.6 is 0 Å². The number of hydrogen-bond acceptors (Lipinski definition) is 3. The smallest absolute Gasteiger partial charge is 0.422 e. The number of benzene rings is 2. The van der Waals surface area contributed by atoms with Crippen molar-refractivity contribution in [1.29, 1.82) is 0 Å². The zero-order chi connectivity index (χ0) is 18.2. The number of H-pyrrole nitrogens is 1. The van der Waals surface area contributed by atoms with Crippen LogP contribution in [0.15, 0.2) is 42.6 Å². The molecule has 0 unspecified atom stereocenters. The minimum atomic E-state index is -4.42. The molecule has 3 N–H and O–H groups in total. The fourth-order valence-corrected chi connectivity index (χ4v) is 2.61. The third-order valence-corrected chi connectivity index (χ3v) is 3.89. The molecule has 0 aliphatic heterocycles. The number of rotatable bonds is 4. The maximum absolute atomic E-state index is 12.6. The van der Waals surface area contributed by atoms with E-state index >= 15 is 0 Å². The van der Waals surface area contributed by atoms with E-state index in [-0.39, 0.29) is 5.75 Å². The first kappa shape index (κ1) is 17.3. The van der Waals surface area contributed by atoms with Crippen LogP contribution in [-0.2, 0) is 5.54 Å². The van der Waals surface area contributed by atoms with Gasteiger partial charge in [-0.2, -0.15) is 18.3 Å². The third-order valence-electron chi connectivity index (χ3n) is 3.89. The largest absolute Gasteiger partial charge is 0.483 e. The fraction of sp³-hybridized carbons (Fsp3) is 0.278. The van der Waals surface area contributed by atoms with Crippen molar-refractivity contribution in [2.24, 2.45) is 5.73 Å². The first-order chi connectivity index (χ1) is 11.6. The van der Waals surface area contributed by atoms with Crippen LogP contribution < -0.4 is 10.5 Å². The number of nitrogens with one attached hydrogen (secondary N) is 1. The number of aromatic nitrogens is 2. The number of halogens is 3. The molecule has 0 saturated carbocycles. The number of fused-ring (bicyclic) bond motifs is 1. The number of aromatic amines is 1. The molecule has 1 heterocycles. The molecule has 7 heteroatoms. The topological polar surface area (TPSA) is 63.9 Å². The molecule has 0 fully saturated rings. The molecule has 2 aromatic carbocycles. The van der Waals surface area contributed by atoms with E-state index in [1.54, 1.807) is 12.1 Å². The van der Waals surface area contributed by atoms with Gasteiger partial charge in [0, 0.05) is 11.1 Å². The van der Waals surface area contributed by atoms with Crippen LogP contribution in [0.1, 0.15) is 19.4 Å². The first-order valence-electron chi connectivity index (χ1n) is 7.70. The Morgan fingerprint density at radius 2 is 1.76 bits per heavy atom. The molecule has 0 amide bonds. The molecule has 1 aromatic heterocycles. The number of nitrogens with two attached hydrogens (primary N) is 1. The van der Waals surface area contributed by atoms with Gasteiger partial charge in [0.15, 0.2) is 6.61 Å². The second kappa shape index (κ2) is 6.07. The summed E-state index contributed by atoms with van der Waals surface area (Å²) in [5.41, 5.74) is 8.43. The number of nitrogens with zero attached hydrogens (tertiary/aromatic N) is 1. The van der Waals surface area contributed by atoms with E-state index in [0.717, 1.165) is 11.1 Å². The van der Waals surface area contributed by atoms with Gasteiger partial charge in [0.1, 0.15) is 5.75 Å². The Bertz CT molecular complexity index is 877. The van der Waals surface area contributed by atoms with Gasteiger partial charge in [0.25, 0.3) is 0 Å². The van der Waals surface area contributed by atoms with E-state index in [1.807, 2.05) is 38.1 Å². The van der Waals surface area contributed by atoms with Crippen molar-refractivity contribution in [2.75, 3.05) is 6.61 Å². The van der Waals surface area contributed by atoms with Crippen LogP contribution in [0.2, 0.25) is 0 Å². The van der Waals surface area contributed by atoms with E-state index in [9.17, 15) is 13.2 Å². The molecule has 0 atom stereocenters. The van der Waals surface area contributed by atoms with E-state index in [0.29, 0.717) is 16.5 Å². The van der Waals surface area contributed by atoms with Crippen molar-refractivity contribution < 1.29 is 17.9 Å². The second-order valence-corrected chi connectivity index (χ2v) is 6.48. The normalized spacial score (nSPS) is 12.6. The Morgan fingerprint density at radius 3 is 2.36 bits per heavy atom. The molecular formula is C18H18F3N3O. The van der Waals surface area contributed by atoms with Gasteiger partial charge in [-0.25, -0.2) is 0 Å². The predicted molar refractivity (Wildman–Crippen MR) is 90.3 cm³/mol. The standard InChI is InChI=1S/C18H18F3N3O/c1-17(2,22)12-5-3-11(4-6-12)13-7-8-15-14(9-23-24-15)16(13)25-10-18(19,20)21/h3-9H,10,22H2,1-2H3,(H,23,24). The van der Waals surface area contributed by atoms with Gasteiger partial charge < -0.3 is 10.5 Å². The first-order valence-corrected chi connectivity index (χ1v) is 7.70. The molecule has 3 aromatic rings. The molecule has 0 aliphatic carbocycles. The minimum absolute atomic E-state index is 0.156. The summed E-state index contributed by atoms with van der Waals surface area (Å²) >= 11 is 0. The highest BCUT2D eigenvalue weighted by Gasteiger charge is 2.29. The number of alkyl halides is 3. The Balaban J connectivity index is 2.06. The maximum Gasteiger partial charge on any atom is 0.422 e. The Hall–Kier alpha value is -2.54. The van der Waals surface area contributed by atoms with Crippen LogP contribution in [0.4, 0.5) is 13.2 Å². The van der Waals surface area contributed by atoms with E-state index in [1.165, 1.54) is 6.20 Å². The van der Waals surface area contributed by atoms with Gasteiger partial charge in [-0.15, -0.1) is 0 Å². The lowest BCUT2D eigenvalue weighted by Crippen LogP contribution is -2.28. The predicted octanol–water partition coefficient (Wildman–Crippen LogP) is 4.36. The van der Waals surface area contributed by atoms with Crippen molar-refractivity contribution in [2.45, 2.75) is 25.6 Å². The quantitative estimate of drug-likeness (QED) is 0.735. The summed E-state index contributed by atoms with van der Waals surface area (Å²) in [5.74, 6) is 0.156. The Labute approximate surface area is 142 Å². The highest BCUT2D eigenvalue weighted by atomic mass is 19.4. The van der Waals surface area contributed by atoms with Crippen molar-refractivity contribution in [3.05, 3.63) is 48.2 Å². The molecule has 132 valence electrons. The Morgan fingerprint density at radius 1 is 1.08 bits per heavy atom. The highest BCUT2D eigenvalue weighted by molar-refractivity contribution is 5.92. The monoisotopic (exact) mass is 349 g/mol. The van der Waals surface area contributed by atoms with Crippen molar-refractivity contribution >= 4 is 10.9 Å². The van der Waals surface area contributed by atoms with Gasteiger partial charge in [0.2, 0.25) is 0 Å². The van der Waals surface area contributed by atoms with Gasteiger partial charge in [-0.1, -0.05) is 24.3 Å². The summed E-state index contributed by atoms with van der Waals surface area (Å²) in [6, 6.07) is 10.9. The summed E-state index contributed by atoms with van der Waals surface area (Å²) in [7, 11) is 0. The SMILES string of the molecule is CC(C)(N)c1ccc(-c2ccc3[nH]ncc3c2OCC(F)(F)F)cc1. The van der Waals surface area contributed by atoms with Crippen LogP contribution in [0.25, 0.3) is 22.0 Å². The second-order valence-electron chi connectivity index (χ2n) is 6.48. The fourth-order valence-electron chi connectivity index (χ4n) is 2.61. The molecule has 25 heavy (non-hydrogen) atoms. The van der Waals surface area contributed by atoms with E-state index in [4.69, 9.17) is 10.5 Å².